The highest BCUT2D eigenvalue weighted by molar-refractivity contribution is 6.32. The van der Waals surface area contributed by atoms with Crippen molar-refractivity contribution in [2.24, 2.45) is 0 Å². The third kappa shape index (κ3) is 2.74. The molecule has 0 aliphatic carbocycles. The zero-order chi connectivity index (χ0) is 11.4. The van der Waals surface area contributed by atoms with Crippen LogP contribution in [0.1, 0.15) is 5.56 Å². The van der Waals surface area contributed by atoms with Gasteiger partial charge in [-0.3, -0.25) is 0 Å². The van der Waals surface area contributed by atoms with E-state index in [0.29, 0.717) is 24.2 Å². The van der Waals surface area contributed by atoms with Gasteiger partial charge in [-0.05, 0) is 5.56 Å². The standard InChI is InChI=1S/C11H12ClN3O/c12-10-6-15(14-11(10)13)8-16-7-9-4-2-1-3-5-9/h1-6H,7-8H2,(H2,13,14). The summed E-state index contributed by atoms with van der Waals surface area (Å²) in [6.45, 7) is 0.879. The highest BCUT2D eigenvalue weighted by Crippen LogP contribution is 2.15. The van der Waals surface area contributed by atoms with E-state index in [1.54, 1.807) is 10.9 Å². The van der Waals surface area contributed by atoms with E-state index in [2.05, 4.69) is 5.10 Å². The smallest absolute Gasteiger partial charge is 0.164 e. The number of nitrogen functional groups attached to an aromatic ring is 1. The van der Waals surface area contributed by atoms with E-state index in [4.69, 9.17) is 22.1 Å². The van der Waals surface area contributed by atoms with Crippen LogP contribution in [0.3, 0.4) is 0 Å². The topological polar surface area (TPSA) is 53.1 Å². The molecule has 2 aromatic rings. The lowest BCUT2D eigenvalue weighted by Gasteiger charge is -2.03. The van der Waals surface area contributed by atoms with E-state index in [9.17, 15) is 0 Å². The maximum Gasteiger partial charge on any atom is 0.164 e. The monoisotopic (exact) mass is 237 g/mol. The first-order valence-electron chi connectivity index (χ1n) is 4.86. The van der Waals surface area contributed by atoms with Crippen LogP contribution in [0.25, 0.3) is 0 Å². The Kier molecular flexibility index (Phi) is 3.44. The summed E-state index contributed by atoms with van der Waals surface area (Å²) in [4.78, 5) is 0. The van der Waals surface area contributed by atoms with Crippen LogP contribution in [0.4, 0.5) is 5.82 Å². The number of hydrogen-bond acceptors (Lipinski definition) is 3. The highest BCUT2D eigenvalue weighted by Gasteiger charge is 2.01. The maximum absolute atomic E-state index is 5.76. The van der Waals surface area contributed by atoms with Crippen molar-refractivity contribution in [2.75, 3.05) is 5.73 Å². The summed E-state index contributed by atoms with van der Waals surface area (Å²) in [6, 6.07) is 9.93. The number of halogens is 1. The van der Waals surface area contributed by atoms with Crippen molar-refractivity contribution < 1.29 is 4.74 Å². The molecule has 1 heterocycles. The molecule has 0 atom stereocenters. The van der Waals surface area contributed by atoms with Crippen LogP contribution in [-0.2, 0) is 18.1 Å². The molecule has 0 spiro atoms. The molecule has 2 N–H and O–H groups in total. The van der Waals surface area contributed by atoms with Crippen LogP contribution in [0.2, 0.25) is 5.02 Å². The number of hydrogen-bond donors (Lipinski definition) is 1. The van der Waals surface area contributed by atoms with Gasteiger partial charge in [0, 0.05) is 6.20 Å². The zero-order valence-electron chi connectivity index (χ0n) is 8.64. The van der Waals surface area contributed by atoms with Crippen LogP contribution in [0.5, 0.6) is 0 Å². The molecule has 0 aliphatic heterocycles. The van der Waals surface area contributed by atoms with Gasteiger partial charge in [0.2, 0.25) is 0 Å². The molecule has 0 bridgehead atoms. The fourth-order valence-corrected chi connectivity index (χ4v) is 1.46. The number of aromatic nitrogens is 2. The zero-order valence-corrected chi connectivity index (χ0v) is 9.39. The Morgan fingerprint density at radius 3 is 2.69 bits per heavy atom. The van der Waals surface area contributed by atoms with Gasteiger partial charge in [-0.25, -0.2) is 4.68 Å². The largest absolute Gasteiger partial charge is 0.381 e. The molecule has 2 rings (SSSR count). The van der Waals surface area contributed by atoms with Gasteiger partial charge in [-0.15, -0.1) is 0 Å². The average molecular weight is 238 g/mol. The first-order valence-corrected chi connectivity index (χ1v) is 5.23. The number of anilines is 1. The van der Waals surface area contributed by atoms with E-state index in [0.717, 1.165) is 5.56 Å². The van der Waals surface area contributed by atoms with Gasteiger partial charge in [-0.2, -0.15) is 5.10 Å². The molecule has 16 heavy (non-hydrogen) atoms. The Morgan fingerprint density at radius 1 is 1.31 bits per heavy atom. The third-order valence-corrected chi connectivity index (χ3v) is 2.37. The number of ether oxygens (including phenoxy) is 1. The molecular weight excluding hydrogens is 226 g/mol. The van der Waals surface area contributed by atoms with Crippen LogP contribution in [0.15, 0.2) is 36.5 Å². The molecule has 4 nitrogen and oxygen atoms in total. The summed E-state index contributed by atoms with van der Waals surface area (Å²) < 4.78 is 7.03. The van der Waals surface area contributed by atoms with Crippen LogP contribution in [-0.4, -0.2) is 9.78 Å². The van der Waals surface area contributed by atoms with Gasteiger partial charge in [-0.1, -0.05) is 41.9 Å². The molecule has 0 radical (unpaired) electrons. The molecule has 0 saturated carbocycles. The van der Waals surface area contributed by atoms with E-state index in [1.165, 1.54) is 0 Å². The average Bonchev–Trinajstić information content (AvgIpc) is 2.60. The quantitative estimate of drug-likeness (QED) is 0.888. The van der Waals surface area contributed by atoms with Crippen molar-refractivity contribution in [3.8, 4) is 0 Å². The van der Waals surface area contributed by atoms with Crippen molar-refractivity contribution >= 4 is 17.4 Å². The second-order valence-electron chi connectivity index (χ2n) is 3.36. The summed E-state index contributed by atoms with van der Waals surface area (Å²) in [7, 11) is 0. The Morgan fingerprint density at radius 2 is 2.06 bits per heavy atom. The van der Waals surface area contributed by atoms with Gasteiger partial charge in [0.15, 0.2) is 5.82 Å². The second kappa shape index (κ2) is 5.01. The predicted octanol–water partition coefficient (Wildman–Crippen LogP) is 2.29. The first-order chi connectivity index (χ1) is 7.75. The normalized spacial score (nSPS) is 10.6. The van der Waals surface area contributed by atoms with E-state index >= 15 is 0 Å². The molecule has 0 saturated heterocycles. The van der Waals surface area contributed by atoms with Crippen LogP contribution < -0.4 is 5.73 Å². The number of rotatable bonds is 4. The van der Waals surface area contributed by atoms with Gasteiger partial charge < -0.3 is 10.5 Å². The van der Waals surface area contributed by atoms with Gasteiger partial charge in [0.05, 0.1) is 6.61 Å². The fourth-order valence-electron chi connectivity index (χ4n) is 1.31. The van der Waals surface area contributed by atoms with Gasteiger partial charge in [0.1, 0.15) is 11.8 Å². The predicted molar refractivity (Wildman–Crippen MR) is 62.9 cm³/mol. The highest BCUT2D eigenvalue weighted by atomic mass is 35.5. The molecule has 5 heteroatoms. The minimum atomic E-state index is 0.324. The minimum Gasteiger partial charge on any atom is -0.381 e. The molecule has 0 amide bonds. The van der Waals surface area contributed by atoms with Crippen LogP contribution >= 0.6 is 11.6 Å². The molecular formula is C11H12ClN3O. The van der Waals surface area contributed by atoms with E-state index in [1.807, 2.05) is 30.3 Å². The summed E-state index contributed by atoms with van der Waals surface area (Å²) in [5, 5.41) is 4.43. The summed E-state index contributed by atoms with van der Waals surface area (Å²) >= 11 is 5.76. The van der Waals surface area contributed by atoms with Gasteiger partial charge >= 0.3 is 0 Å². The van der Waals surface area contributed by atoms with Gasteiger partial charge in [0.25, 0.3) is 0 Å². The Hall–Kier alpha value is -1.52. The Bertz CT molecular complexity index is 436. The SMILES string of the molecule is Nc1nn(COCc2ccccc2)cc1Cl. The lowest BCUT2D eigenvalue weighted by molar-refractivity contribution is 0.0563. The van der Waals surface area contributed by atoms with Crippen LogP contribution in [0, 0.1) is 0 Å². The minimum absolute atomic E-state index is 0.324. The lowest BCUT2D eigenvalue weighted by Crippen LogP contribution is -2.03. The van der Waals surface area contributed by atoms with E-state index < -0.39 is 0 Å². The number of benzene rings is 1. The molecule has 0 fully saturated rings. The van der Waals surface area contributed by atoms with Crippen molar-refractivity contribution in [2.45, 2.75) is 13.3 Å². The van der Waals surface area contributed by atoms with Crippen molar-refractivity contribution in [3.63, 3.8) is 0 Å². The summed E-state index contributed by atoms with van der Waals surface area (Å²) in [5.74, 6) is 0.324. The molecule has 1 aromatic carbocycles. The fraction of sp³-hybridized carbons (Fsp3) is 0.182. The molecule has 0 aliphatic rings. The first kappa shape index (κ1) is 11.0. The molecule has 1 aromatic heterocycles. The Labute approximate surface area is 98.6 Å². The number of nitrogens with zero attached hydrogens (tertiary/aromatic N) is 2. The summed E-state index contributed by atoms with van der Waals surface area (Å²) in [6.07, 6.45) is 1.64. The molecule has 0 unspecified atom stereocenters. The van der Waals surface area contributed by atoms with E-state index in [-0.39, 0.29) is 0 Å². The lowest BCUT2D eigenvalue weighted by atomic mass is 10.2. The Balaban J connectivity index is 1.84. The second-order valence-corrected chi connectivity index (χ2v) is 3.77. The van der Waals surface area contributed by atoms with Crippen molar-refractivity contribution in [3.05, 3.63) is 47.1 Å². The van der Waals surface area contributed by atoms with Crippen molar-refractivity contribution in [1.82, 2.24) is 9.78 Å². The maximum atomic E-state index is 5.76. The number of nitrogens with two attached hydrogens (primary N) is 1. The molecule has 84 valence electrons. The van der Waals surface area contributed by atoms with Crippen molar-refractivity contribution in [1.29, 1.82) is 0 Å². The summed E-state index contributed by atoms with van der Waals surface area (Å²) in [5.41, 5.74) is 6.62. The third-order valence-electron chi connectivity index (χ3n) is 2.08.